The second-order valence-electron chi connectivity index (χ2n) is 6.44. The molecular weight excluding hydrogens is 300 g/mol. The first-order valence-corrected chi connectivity index (χ1v) is 8.48. The van der Waals surface area contributed by atoms with E-state index in [2.05, 4.69) is 4.90 Å². The van der Waals surface area contributed by atoms with Crippen LogP contribution < -0.4 is 5.73 Å². The normalized spacial score (nSPS) is 18.9. The number of benzene rings is 2. The van der Waals surface area contributed by atoms with Gasteiger partial charge < -0.3 is 10.8 Å². The van der Waals surface area contributed by atoms with Gasteiger partial charge in [-0.05, 0) is 43.0 Å². The van der Waals surface area contributed by atoms with E-state index in [1.165, 1.54) is 0 Å². The molecule has 0 aromatic heterocycles. The van der Waals surface area contributed by atoms with Gasteiger partial charge in [-0.3, -0.25) is 9.69 Å². The highest BCUT2D eigenvalue weighted by atomic mass is 16.3. The van der Waals surface area contributed by atoms with Crippen LogP contribution in [0.3, 0.4) is 0 Å². The van der Waals surface area contributed by atoms with Crippen LogP contribution in [0.15, 0.2) is 60.7 Å². The van der Waals surface area contributed by atoms with Crippen LogP contribution >= 0.6 is 0 Å². The predicted octanol–water partition coefficient (Wildman–Crippen LogP) is 2.66. The highest BCUT2D eigenvalue weighted by Crippen LogP contribution is 2.33. The summed E-state index contributed by atoms with van der Waals surface area (Å²) in [5.74, 6) is -0.101. The van der Waals surface area contributed by atoms with Gasteiger partial charge in [0.05, 0.1) is 6.10 Å². The standard InChI is InChI=1S/C20H24N2O2/c21-20(24)18(15-7-3-1-4-8-15)22-13-11-17(12-14-22)19(23)16-9-5-2-6-10-16/h1-10,17-19,23H,11-14H2,(H2,21,24). The lowest BCUT2D eigenvalue weighted by atomic mass is 9.86. The zero-order chi connectivity index (χ0) is 16.9. The number of piperidine rings is 1. The monoisotopic (exact) mass is 324 g/mol. The van der Waals surface area contributed by atoms with Crippen LogP contribution in [0.2, 0.25) is 0 Å². The van der Waals surface area contributed by atoms with Gasteiger partial charge in [0, 0.05) is 0 Å². The van der Waals surface area contributed by atoms with E-state index in [-0.39, 0.29) is 17.9 Å². The van der Waals surface area contributed by atoms with Crippen molar-refractivity contribution in [3.05, 3.63) is 71.8 Å². The lowest BCUT2D eigenvalue weighted by Gasteiger charge is -2.38. The summed E-state index contributed by atoms with van der Waals surface area (Å²) in [4.78, 5) is 14.1. The summed E-state index contributed by atoms with van der Waals surface area (Å²) in [6.07, 6.45) is 1.26. The minimum Gasteiger partial charge on any atom is -0.388 e. The summed E-state index contributed by atoms with van der Waals surface area (Å²) in [6.45, 7) is 1.52. The van der Waals surface area contributed by atoms with Crippen LogP contribution in [0.1, 0.15) is 36.1 Å². The van der Waals surface area contributed by atoms with Crippen molar-refractivity contribution in [2.45, 2.75) is 25.0 Å². The fourth-order valence-electron chi connectivity index (χ4n) is 3.61. The fourth-order valence-corrected chi connectivity index (χ4v) is 3.61. The molecule has 0 radical (unpaired) electrons. The van der Waals surface area contributed by atoms with E-state index in [9.17, 15) is 9.90 Å². The number of nitrogens with zero attached hydrogens (tertiary/aromatic N) is 1. The summed E-state index contributed by atoms with van der Waals surface area (Å²) < 4.78 is 0. The van der Waals surface area contributed by atoms with Gasteiger partial charge in [-0.15, -0.1) is 0 Å². The molecule has 1 fully saturated rings. The molecule has 2 atom stereocenters. The van der Waals surface area contributed by atoms with Gasteiger partial charge in [-0.2, -0.15) is 0 Å². The molecule has 3 N–H and O–H groups in total. The molecule has 3 rings (SSSR count). The largest absolute Gasteiger partial charge is 0.388 e. The number of likely N-dealkylation sites (tertiary alicyclic amines) is 1. The van der Waals surface area contributed by atoms with Crippen LogP contribution in [-0.4, -0.2) is 29.0 Å². The van der Waals surface area contributed by atoms with Gasteiger partial charge in [0.25, 0.3) is 0 Å². The molecule has 1 aliphatic heterocycles. The molecule has 24 heavy (non-hydrogen) atoms. The van der Waals surface area contributed by atoms with E-state index in [1.807, 2.05) is 60.7 Å². The van der Waals surface area contributed by atoms with Crippen LogP contribution in [-0.2, 0) is 4.79 Å². The summed E-state index contributed by atoms with van der Waals surface area (Å²) in [6, 6.07) is 19.1. The van der Waals surface area contributed by atoms with Gasteiger partial charge in [-0.25, -0.2) is 0 Å². The average Bonchev–Trinajstić information content (AvgIpc) is 2.63. The van der Waals surface area contributed by atoms with Crippen molar-refractivity contribution in [2.24, 2.45) is 11.7 Å². The summed E-state index contributed by atoms with van der Waals surface area (Å²) in [5.41, 5.74) is 7.56. The number of carbonyl (C=O) groups is 1. The van der Waals surface area contributed by atoms with E-state index in [0.717, 1.165) is 37.1 Å². The van der Waals surface area contributed by atoms with Crippen LogP contribution in [0.25, 0.3) is 0 Å². The molecule has 0 bridgehead atoms. The van der Waals surface area contributed by atoms with Crippen LogP contribution in [0.4, 0.5) is 0 Å². The van der Waals surface area contributed by atoms with Crippen molar-refractivity contribution < 1.29 is 9.90 Å². The Labute approximate surface area is 142 Å². The Hall–Kier alpha value is -2.17. The van der Waals surface area contributed by atoms with Crippen molar-refractivity contribution in [1.29, 1.82) is 0 Å². The van der Waals surface area contributed by atoms with Crippen LogP contribution in [0, 0.1) is 5.92 Å². The van der Waals surface area contributed by atoms with E-state index < -0.39 is 6.10 Å². The molecule has 126 valence electrons. The Morgan fingerprint density at radius 1 is 0.958 bits per heavy atom. The molecule has 1 aliphatic rings. The van der Waals surface area contributed by atoms with Crippen molar-refractivity contribution in [3.8, 4) is 0 Å². The Kier molecular flexibility index (Phi) is 5.28. The highest BCUT2D eigenvalue weighted by molar-refractivity contribution is 5.81. The Morgan fingerprint density at radius 3 is 1.96 bits per heavy atom. The molecule has 1 heterocycles. The lowest BCUT2D eigenvalue weighted by Crippen LogP contribution is -2.43. The molecule has 0 aliphatic carbocycles. The molecule has 1 saturated heterocycles. The quantitative estimate of drug-likeness (QED) is 0.888. The first-order valence-electron chi connectivity index (χ1n) is 8.48. The Bertz CT molecular complexity index is 652. The molecule has 1 amide bonds. The van der Waals surface area contributed by atoms with Gasteiger partial charge in [0.1, 0.15) is 6.04 Å². The number of primary amides is 1. The first-order chi connectivity index (χ1) is 11.7. The summed E-state index contributed by atoms with van der Waals surface area (Å²) in [7, 11) is 0. The predicted molar refractivity (Wildman–Crippen MR) is 94.1 cm³/mol. The Balaban J connectivity index is 1.66. The van der Waals surface area contributed by atoms with Gasteiger partial charge in [-0.1, -0.05) is 60.7 Å². The van der Waals surface area contributed by atoms with Crippen molar-refractivity contribution in [1.82, 2.24) is 4.90 Å². The third-order valence-corrected chi connectivity index (χ3v) is 4.91. The minimum atomic E-state index is -0.447. The highest BCUT2D eigenvalue weighted by Gasteiger charge is 2.32. The molecule has 4 heteroatoms. The molecule has 0 spiro atoms. The maximum absolute atomic E-state index is 12.0. The smallest absolute Gasteiger partial charge is 0.239 e. The van der Waals surface area contributed by atoms with E-state index in [0.29, 0.717) is 0 Å². The number of aliphatic hydroxyl groups excluding tert-OH is 1. The summed E-state index contributed by atoms with van der Waals surface area (Å²) >= 11 is 0. The number of carbonyl (C=O) groups excluding carboxylic acids is 1. The third kappa shape index (κ3) is 3.66. The molecule has 4 nitrogen and oxygen atoms in total. The van der Waals surface area contributed by atoms with Gasteiger partial charge in [0.2, 0.25) is 5.91 Å². The second-order valence-corrected chi connectivity index (χ2v) is 6.44. The fraction of sp³-hybridized carbons (Fsp3) is 0.350. The van der Waals surface area contributed by atoms with Gasteiger partial charge >= 0.3 is 0 Å². The SMILES string of the molecule is NC(=O)C(c1ccccc1)N1CCC(C(O)c2ccccc2)CC1. The number of amides is 1. The second kappa shape index (κ2) is 7.60. The Morgan fingerprint density at radius 2 is 1.46 bits per heavy atom. The molecular formula is C20H24N2O2. The molecule has 2 aromatic rings. The topological polar surface area (TPSA) is 66.6 Å². The number of hydrogen-bond acceptors (Lipinski definition) is 3. The number of nitrogens with two attached hydrogens (primary N) is 1. The minimum absolute atomic E-state index is 0.216. The zero-order valence-corrected chi connectivity index (χ0v) is 13.7. The van der Waals surface area contributed by atoms with E-state index in [1.54, 1.807) is 0 Å². The van der Waals surface area contributed by atoms with E-state index in [4.69, 9.17) is 5.73 Å². The van der Waals surface area contributed by atoms with Crippen molar-refractivity contribution in [3.63, 3.8) is 0 Å². The molecule has 2 unspecified atom stereocenters. The lowest BCUT2D eigenvalue weighted by molar-refractivity contribution is -0.124. The third-order valence-electron chi connectivity index (χ3n) is 4.91. The molecule has 0 saturated carbocycles. The van der Waals surface area contributed by atoms with E-state index >= 15 is 0 Å². The van der Waals surface area contributed by atoms with Crippen molar-refractivity contribution in [2.75, 3.05) is 13.1 Å². The first kappa shape index (κ1) is 16.7. The summed E-state index contributed by atoms with van der Waals surface area (Å²) in [5, 5.41) is 10.6. The van der Waals surface area contributed by atoms with Crippen molar-refractivity contribution >= 4 is 5.91 Å². The number of hydrogen-bond donors (Lipinski definition) is 2. The number of rotatable bonds is 5. The maximum Gasteiger partial charge on any atom is 0.239 e. The average molecular weight is 324 g/mol. The molecule has 2 aromatic carbocycles. The van der Waals surface area contributed by atoms with Crippen LogP contribution in [0.5, 0.6) is 0 Å². The number of aliphatic hydroxyl groups is 1. The maximum atomic E-state index is 12.0. The zero-order valence-electron chi connectivity index (χ0n) is 13.7. The van der Waals surface area contributed by atoms with Gasteiger partial charge in [0.15, 0.2) is 0 Å².